The maximum atomic E-state index is 12.1. The number of rotatable bonds is 3. The molecule has 0 bridgehead atoms. The van der Waals surface area contributed by atoms with E-state index in [0.717, 1.165) is 25.9 Å². The van der Waals surface area contributed by atoms with Gasteiger partial charge < -0.3 is 15.7 Å². The number of pyridine rings is 1. The third-order valence-corrected chi connectivity index (χ3v) is 3.59. The van der Waals surface area contributed by atoms with Crippen LogP contribution in [0.4, 0.5) is 5.69 Å². The van der Waals surface area contributed by atoms with Crippen LogP contribution in [0.15, 0.2) is 30.9 Å². The summed E-state index contributed by atoms with van der Waals surface area (Å²) in [5.74, 6) is -0.513. The molecule has 3 rings (SSSR count). The van der Waals surface area contributed by atoms with Crippen molar-refractivity contribution in [3.8, 4) is 5.75 Å². The molecule has 110 valence electrons. The minimum absolute atomic E-state index is 0.138. The Morgan fingerprint density at radius 2 is 2.19 bits per heavy atom. The van der Waals surface area contributed by atoms with Crippen LogP contribution in [0.25, 0.3) is 0 Å². The Hall–Kier alpha value is -2.41. The van der Waals surface area contributed by atoms with Crippen LogP contribution < -0.4 is 10.6 Å². The lowest BCUT2D eigenvalue weighted by Gasteiger charge is -2.22. The number of aromatic nitrogens is 3. The number of nitrogens with zero attached hydrogens (tertiary/aromatic N) is 3. The summed E-state index contributed by atoms with van der Waals surface area (Å²) < 4.78 is 1.89. The highest BCUT2D eigenvalue weighted by Gasteiger charge is 2.17. The summed E-state index contributed by atoms with van der Waals surface area (Å²) in [4.78, 5) is 15.8. The summed E-state index contributed by atoms with van der Waals surface area (Å²) in [6.07, 6.45) is 8.21. The smallest absolute Gasteiger partial charge is 0.259 e. The Balaban J connectivity index is 1.69. The van der Waals surface area contributed by atoms with Crippen LogP contribution in [-0.4, -0.2) is 38.9 Å². The molecule has 0 aromatic carbocycles. The lowest BCUT2D eigenvalue weighted by Crippen LogP contribution is -2.29. The van der Waals surface area contributed by atoms with Crippen LogP contribution in [0.3, 0.4) is 0 Å². The van der Waals surface area contributed by atoms with E-state index in [4.69, 9.17) is 0 Å². The number of anilines is 1. The molecule has 0 spiro atoms. The molecular formula is C14H17N5O2. The molecule has 1 saturated heterocycles. The lowest BCUT2D eigenvalue weighted by atomic mass is 10.1. The van der Waals surface area contributed by atoms with Gasteiger partial charge in [0.2, 0.25) is 0 Å². The Labute approximate surface area is 122 Å². The minimum atomic E-state index is -0.375. The van der Waals surface area contributed by atoms with E-state index in [0.29, 0.717) is 11.7 Å². The minimum Gasteiger partial charge on any atom is -0.505 e. The number of carbonyl (C=O) groups excluding carboxylic acids is 1. The predicted octanol–water partition coefficient (Wildman–Crippen LogP) is 1.16. The summed E-state index contributed by atoms with van der Waals surface area (Å²) in [6, 6.07) is 1.84. The van der Waals surface area contributed by atoms with Crippen molar-refractivity contribution >= 4 is 11.6 Å². The molecule has 2 aromatic rings. The highest BCUT2D eigenvalue weighted by molar-refractivity contribution is 6.05. The zero-order chi connectivity index (χ0) is 14.7. The monoisotopic (exact) mass is 287 g/mol. The first-order chi connectivity index (χ1) is 10.2. The summed E-state index contributed by atoms with van der Waals surface area (Å²) in [6.45, 7) is 1.97. The normalized spacial score (nSPS) is 15.8. The maximum Gasteiger partial charge on any atom is 0.259 e. The molecular weight excluding hydrogens is 270 g/mol. The summed E-state index contributed by atoms with van der Waals surface area (Å²) in [5, 5.41) is 20.0. The number of aromatic hydroxyl groups is 1. The van der Waals surface area contributed by atoms with Crippen molar-refractivity contribution < 1.29 is 9.90 Å². The van der Waals surface area contributed by atoms with Crippen molar-refractivity contribution in [1.82, 2.24) is 20.1 Å². The summed E-state index contributed by atoms with van der Waals surface area (Å²) in [5.41, 5.74) is 0.814. The molecule has 1 fully saturated rings. The molecule has 3 N–H and O–H groups in total. The standard InChI is InChI=1S/C14H17N5O2/c20-13-8-16-6-3-12(13)14(21)18-10-7-17-19(9-10)11-1-4-15-5-2-11/h3,6-9,11,15,20H,1-2,4-5H2,(H,18,21). The van der Waals surface area contributed by atoms with Gasteiger partial charge in [-0.25, -0.2) is 0 Å². The first-order valence-electron chi connectivity index (χ1n) is 6.93. The van der Waals surface area contributed by atoms with Gasteiger partial charge in [0.05, 0.1) is 29.7 Å². The van der Waals surface area contributed by atoms with Crippen molar-refractivity contribution in [2.75, 3.05) is 18.4 Å². The largest absolute Gasteiger partial charge is 0.505 e. The first-order valence-corrected chi connectivity index (χ1v) is 6.93. The van der Waals surface area contributed by atoms with Gasteiger partial charge in [0.15, 0.2) is 0 Å². The Morgan fingerprint density at radius 3 is 2.95 bits per heavy atom. The van der Waals surface area contributed by atoms with E-state index in [1.54, 1.807) is 6.20 Å². The lowest BCUT2D eigenvalue weighted by molar-refractivity contribution is 0.102. The summed E-state index contributed by atoms with van der Waals surface area (Å²) >= 11 is 0. The highest BCUT2D eigenvalue weighted by atomic mass is 16.3. The van der Waals surface area contributed by atoms with Crippen molar-refractivity contribution in [3.63, 3.8) is 0 Å². The van der Waals surface area contributed by atoms with Gasteiger partial charge in [-0.15, -0.1) is 0 Å². The van der Waals surface area contributed by atoms with Gasteiger partial charge >= 0.3 is 0 Å². The molecule has 3 heterocycles. The molecule has 2 aromatic heterocycles. The fraction of sp³-hybridized carbons (Fsp3) is 0.357. The molecule has 0 saturated carbocycles. The number of piperidine rings is 1. The zero-order valence-electron chi connectivity index (χ0n) is 11.5. The fourth-order valence-electron chi connectivity index (χ4n) is 2.45. The molecule has 1 amide bonds. The average molecular weight is 287 g/mol. The number of hydrogen-bond donors (Lipinski definition) is 3. The molecule has 7 nitrogen and oxygen atoms in total. The maximum absolute atomic E-state index is 12.1. The molecule has 21 heavy (non-hydrogen) atoms. The zero-order valence-corrected chi connectivity index (χ0v) is 11.5. The van der Waals surface area contributed by atoms with Gasteiger partial charge in [0, 0.05) is 12.4 Å². The van der Waals surface area contributed by atoms with E-state index in [-0.39, 0.29) is 17.2 Å². The van der Waals surface area contributed by atoms with Gasteiger partial charge in [-0.05, 0) is 32.0 Å². The third-order valence-electron chi connectivity index (χ3n) is 3.59. The number of hydrogen-bond acceptors (Lipinski definition) is 5. The second-order valence-electron chi connectivity index (χ2n) is 5.04. The molecule has 1 aliphatic heterocycles. The molecule has 0 unspecified atom stereocenters. The van der Waals surface area contributed by atoms with Crippen molar-refractivity contribution in [2.24, 2.45) is 0 Å². The van der Waals surface area contributed by atoms with Gasteiger partial charge in [-0.2, -0.15) is 5.10 Å². The number of nitrogens with one attached hydrogen (secondary N) is 2. The van der Waals surface area contributed by atoms with Crippen molar-refractivity contribution in [1.29, 1.82) is 0 Å². The molecule has 7 heteroatoms. The van der Waals surface area contributed by atoms with E-state index in [1.807, 2.05) is 10.9 Å². The molecule has 1 aliphatic rings. The van der Waals surface area contributed by atoms with Crippen molar-refractivity contribution in [2.45, 2.75) is 18.9 Å². The van der Waals surface area contributed by atoms with E-state index in [1.165, 1.54) is 18.5 Å². The first kappa shape index (κ1) is 13.6. The van der Waals surface area contributed by atoms with Crippen LogP contribution in [0.5, 0.6) is 5.75 Å². The van der Waals surface area contributed by atoms with Crippen molar-refractivity contribution in [3.05, 3.63) is 36.4 Å². The third kappa shape index (κ3) is 3.03. The van der Waals surface area contributed by atoms with E-state index >= 15 is 0 Å². The van der Waals surface area contributed by atoms with Crippen LogP contribution in [0.1, 0.15) is 29.2 Å². The molecule has 0 radical (unpaired) electrons. The van der Waals surface area contributed by atoms with Gasteiger partial charge in [0.1, 0.15) is 5.75 Å². The van der Waals surface area contributed by atoms with E-state index < -0.39 is 0 Å². The number of carbonyl (C=O) groups is 1. The fourth-order valence-corrected chi connectivity index (χ4v) is 2.45. The van der Waals surface area contributed by atoms with Crippen LogP contribution >= 0.6 is 0 Å². The second kappa shape index (κ2) is 5.92. The van der Waals surface area contributed by atoms with E-state index in [2.05, 4.69) is 20.7 Å². The molecule has 0 atom stereocenters. The molecule has 0 aliphatic carbocycles. The Bertz CT molecular complexity index is 634. The quantitative estimate of drug-likeness (QED) is 0.788. The second-order valence-corrected chi connectivity index (χ2v) is 5.04. The van der Waals surface area contributed by atoms with Gasteiger partial charge in [-0.3, -0.25) is 14.5 Å². The summed E-state index contributed by atoms with van der Waals surface area (Å²) in [7, 11) is 0. The van der Waals surface area contributed by atoms with E-state index in [9.17, 15) is 9.90 Å². The Kier molecular flexibility index (Phi) is 3.83. The van der Waals surface area contributed by atoms with Crippen LogP contribution in [-0.2, 0) is 0 Å². The SMILES string of the molecule is O=C(Nc1cnn(C2CCNCC2)c1)c1ccncc1O. The Morgan fingerprint density at radius 1 is 1.38 bits per heavy atom. The predicted molar refractivity (Wildman–Crippen MR) is 77.2 cm³/mol. The van der Waals surface area contributed by atoms with Crippen LogP contribution in [0, 0.1) is 0 Å². The highest BCUT2D eigenvalue weighted by Crippen LogP contribution is 2.21. The van der Waals surface area contributed by atoms with Gasteiger partial charge in [-0.1, -0.05) is 0 Å². The number of amides is 1. The van der Waals surface area contributed by atoms with Gasteiger partial charge in [0.25, 0.3) is 5.91 Å². The average Bonchev–Trinajstić information content (AvgIpc) is 2.97. The van der Waals surface area contributed by atoms with Crippen LogP contribution in [0.2, 0.25) is 0 Å². The topological polar surface area (TPSA) is 92.1 Å².